The van der Waals surface area contributed by atoms with E-state index < -0.39 is 48.4 Å². The largest absolute Gasteiger partial charge is 0.489 e. The molecule has 0 aliphatic rings. The van der Waals surface area contributed by atoms with Crippen molar-refractivity contribution in [2.24, 2.45) is 22.2 Å². The number of benzene rings is 5. The van der Waals surface area contributed by atoms with E-state index in [1.165, 1.54) is 6.08 Å². The van der Waals surface area contributed by atoms with E-state index in [9.17, 15) is 19.2 Å². The second-order valence-electron chi connectivity index (χ2n) is 14.8. The molecule has 0 unspecified atom stereocenters. The summed E-state index contributed by atoms with van der Waals surface area (Å²) in [5, 5.41) is 12.1. The Morgan fingerprint density at radius 1 is 0.646 bits per heavy atom. The number of hydrogen-bond acceptors (Lipinski definition) is 9. The number of nitrogens with one attached hydrogen (secondary N) is 3. The lowest BCUT2D eigenvalue weighted by atomic mass is 9.92. The molecule has 9 N–H and O–H groups in total. The van der Waals surface area contributed by atoms with Gasteiger partial charge in [-0.25, -0.2) is 4.79 Å². The number of esters is 1. The zero-order chi connectivity index (χ0) is 45.0. The second-order valence-corrected chi connectivity index (χ2v) is 14.8. The van der Waals surface area contributed by atoms with Crippen LogP contribution in [0.4, 0.5) is 0 Å². The number of rotatable bonds is 25. The fraction of sp³-hybridized carbons (Fsp3) is 0.286. The predicted molar refractivity (Wildman–Crippen MR) is 262 cm³/mol. The SMILES string of the molecule is C=CCOc1ccc2ccccc2c1-c1c(OCC(=O)N[C@H](CCCCN)C(=O)N[C@H](CCCN=C(N)N)C(=O)N[C@@H](CC=C)C(=O)OCc2ccccc2)ccc2ccccc12.Cl.Cl. The summed E-state index contributed by atoms with van der Waals surface area (Å²) in [7, 11) is 0. The van der Waals surface area contributed by atoms with E-state index in [0.717, 1.165) is 38.2 Å². The molecule has 5 rings (SSSR count). The molecular weight excluding hydrogens is 869 g/mol. The van der Waals surface area contributed by atoms with Crippen LogP contribution in [0.1, 0.15) is 44.1 Å². The van der Waals surface area contributed by atoms with Gasteiger partial charge in [-0.1, -0.05) is 110 Å². The average molecular weight is 929 g/mol. The van der Waals surface area contributed by atoms with Crippen LogP contribution in [0, 0.1) is 0 Å². The third-order valence-electron chi connectivity index (χ3n) is 10.2. The van der Waals surface area contributed by atoms with Gasteiger partial charge >= 0.3 is 5.97 Å². The van der Waals surface area contributed by atoms with Gasteiger partial charge in [0.15, 0.2) is 12.6 Å². The minimum absolute atomic E-state index is 0. The van der Waals surface area contributed by atoms with Crippen molar-refractivity contribution in [3.63, 3.8) is 0 Å². The zero-order valence-corrected chi connectivity index (χ0v) is 37.9. The highest BCUT2D eigenvalue weighted by Crippen LogP contribution is 2.45. The lowest BCUT2D eigenvalue weighted by Crippen LogP contribution is -2.56. The van der Waals surface area contributed by atoms with E-state index in [1.54, 1.807) is 6.08 Å². The number of carbonyl (C=O) groups excluding carboxylic acids is 4. The summed E-state index contributed by atoms with van der Waals surface area (Å²) in [5.74, 6) is -1.55. The van der Waals surface area contributed by atoms with Gasteiger partial charge in [0.2, 0.25) is 11.8 Å². The number of nitrogens with zero attached hydrogens (tertiary/aromatic N) is 1. The van der Waals surface area contributed by atoms with Crippen molar-refractivity contribution >= 4 is 76.0 Å². The number of guanidine groups is 1. The molecule has 16 heteroatoms. The van der Waals surface area contributed by atoms with Gasteiger partial charge in [-0.15, -0.1) is 31.4 Å². The maximum Gasteiger partial charge on any atom is 0.329 e. The van der Waals surface area contributed by atoms with Gasteiger partial charge in [-0.3, -0.25) is 19.4 Å². The number of unbranched alkanes of at least 4 members (excludes halogenated alkanes) is 1. The summed E-state index contributed by atoms with van der Waals surface area (Å²) in [5.41, 5.74) is 19.1. The van der Waals surface area contributed by atoms with Crippen molar-refractivity contribution in [1.82, 2.24) is 16.0 Å². The molecule has 0 bridgehead atoms. The van der Waals surface area contributed by atoms with Crippen LogP contribution in [-0.4, -0.2) is 74.1 Å². The molecule has 346 valence electrons. The lowest BCUT2D eigenvalue weighted by molar-refractivity contribution is -0.149. The Kier molecular flexibility index (Phi) is 22.3. The van der Waals surface area contributed by atoms with Gasteiger partial charge in [-0.2, -0.15) is 0 Å². The van der Waals surface area contributed by atoms with E-state index >= 15 is 0 Å². The van der Waals surface area contributed by atoms with Gasteiger partial charge in [0.05, 0.1) is 0 Å². The van der Waals surface area contributed by atoms with E-state index in [2.05, 4.69) is 34.1 Å². The third kappa shape index (κ3) is 15.6. The Balaban J connectivity index is 0.00000561. The number of amides is 3. The van der Waals surface area contributed by atoms with Crippen molar-refractivity contribution in [1.29, 1.82) is 0 Å². The molecule has 65 heavy (non-hydrogen) atoms. The van der Waals surface area contributed by atoms with Gasteiger partial charge in [0, 0.05) is 17.7 Å². The highest BCUT2D eigenvalue weighted by Gasteiger charge is 2.30. The zero-order valence-electron chi connectivity index (χ0n) is 36.2. The van der Waals surface area contributed by atoms with Crippen molar-refractivity contribution in [3.8, 4) is 22.6 Å². The molecular formula is C49H59Cl2N7O7. The molecule has 0 fully saturated rings. The fourth-order valence-electron chi connectivity index (χ4n) is 7.08. The maximum absolute atomic E-state index is 14.1. The molecule has 0 saturated carbocycles. The number of halogens is 2. The average Bonchev–Trinajstić information content (AvgIpc) is 3.29. The first kappa shape index (κ1) is 52.7. The Labute approximate surface area is 392 Å². The first-order chi connectivity index (χ1) is 30.6. The fourth-order valence-corrected chi connectivity index (χ4v) is 7.08. The highest BCUT2D eigenvalue weighted by atomic mass is 35.5. The van der Waals surface area contributed by atoms with E-state index in [0.29, 0.717) is 37.3 Å². The summed E-state index contributed by atoms with van der Waals surface area (Å²) in [6.45, 7) is 7.95. The van der Waals surface area contributed by atoms with Crippen LogP contribution >= 0.6 is 24.8 Å². The summed E-state index contributed by atoms with van der Waals surface area (Å²) in [4.78, 5) is 58.9. The van der Waals surface area contributed by atoms with Crippen molar-refractivity contribution < 1.29 is 33.4 Å². The highest BCUT2D eigenvalue weighted by molar-refractivity contribution is 6.10. The van der Waals surface area contributed by atoms with Crippen LogP contribution in [0.15, 0.2) is 133 Å². The van der Waals surface area contributed by atoms with E-state index in [4.69, 9.17) is 31.4 Å². The molecule has 0 aliphatic heterocycles. The molecule has 3 atom stereocenters. The van der Waals surface area contributed by atoms with Gasteiger partial charge in [0.25, 0.3) is 5.91 Å². The Hall–Kier alpha value is -6.61. The standard InChI is InChI=1S/C49H57N7O7.2ClH/c1-3-15-40(48(60)63-31-33-16-6-5-7-17-33)56-47(59)39(23-14-29-53-49(51)52)55-46(58)38(22-12-13-28-50)54-43(57)32-62-42-27-25-35-19-9-11-21-37(35)45(42)44-36-20-10-8-18-34(36)24-26-41(44)61-30-4-2;;/h3-11,16-21,24-27,38-40H,1-2,12-15,22-23,28-32,50H2,(H,54,57)(H,55,58)(H,56,59)(H4,51,52,53);2*1H/t38-,39-,40+;;/m1../s1. The van der Waals surface area contributed by atoms with Crippen molar-refractivity contribution in [3.05, 3.63) is 134 Å². The summed E-state index contributed by atoms with van der Waals surface area (Å²) < 4.78 is 18.0. The second kappa shape index (κ2) is 27.5. The summed E-state index contributed by atoms with van der Waals surface area (Å²) in [6.07, 6.45) is 4.99. The summed E-state index contributed by atoms with van der Waals surface area (Å²) >= 11 is 0. The third-order valence-corrected chi connectivity index (χ3v) is 10.2. The minimum Gasteiger partial charge on any atom is -0.489 e. The Bertz CT molecular complexity index is 2400. The molecule has 14 nitrogen and oxygen atoms in total. The van der Waals surface area contributed by atoms with Crippen LogP contribution in [0.5, 0.6) is 11.5 Å². The molecule has 0 saturated heterocycles. The lowest BCUT2D eigenvalue weighted by Gasteiger charge is -2.25. The van der Waals surface area contributed by atoms with Crippen LogP contribution in [-0.2, 0) is 30.5 Å². The molecule has 0 spiro atoms. The minimum atomic E-state index is -1.13. The normalized spacial score (nSPS) is 11.9. The van der Waals surface area contributed by atoms with Crippen LogP contribution < -0.4 is 42.6 Å². The molecule has 5 aromatic rings. The molecule has 0 heterocycles. The number of ether oxygens (including phenoxy) is 3. The first-order valence-corrected chi connectivity index (χ1v) is 21.0. The topological polar surface area (TPSA) is 222 Å². The quantitative estimate of drug-likeness (QED) is 0.0124. The monoisotopic (exact) mass is 927 g/mol. The summed E-state index contributed by atoms with van der Waals surface area (Å²) in [6, 6.07) is 29.3. The smallest absolute Gasteiger partial charge is 0.329 e. The number of hydrogen-bond donors (Lipinski definition) is 6. The van der Waals surface area contributed by atoms with Crippen molar-refractivity contribution in [2.75, 3.05) is 26.3 Å². The molecule has 5 aromatic carbocycles. The molecule has 0 aliphatic carbocycles. The van der Waals surface area contributed by atoms with E-state index in [1.807, 2.05) is 103 Å². The van der Waals surface area contributed by atoms with Crippen molar-refractivity contribution in [2.45, 2.75) is 63.3 Å². The van der Waals surface area contributed by atoms with Crippen LogP contribution in [0.2, 0.25) is 0 Å². The number of nitrogens with two attached hydrogens (primary N) is 3. The van der Waals surface area contributed by atoms with E-state index in [-0.39, 0.29) is 69.8 Å². The molecule has 3 amide bonds. The van der Waals surface area contributed by atoms with Gasteiger partial charge in [-0.05, 0) is 84.3 Å². The number of fused-ring (bicyclic) bond motifs is 2. The van der Waals surface area contributed by atoms with Crippen LogP contribution in [0.25, 0.3) is 32.7 Å². The molecule has 0 radical (unpaired) electrons. The van der Waals surface area contributed by atoms with Gasteiger partial charge < -0.3 is 47.4 Å². The Morgan fingerprint density at radius 2 is 1.20 bits per heavy atom. The predicted octanol–water partition coefficient (Wildman–Crippen LogP) is 6.40. The van der Waals surface area contributed by atoms with Crippen LogP contribution in [0.3, 0.4) is 0 Å². The first-order valence-electron chi connectivity index (χ1n) is 21.0. The van der Waals surface area contributed by atoms with Gasteiger partial charge in [0.1, 0.15) is 42.8 Å². The maximum atomic E-state index is 14.1. The molecule has 0 aromatic heterocycles. The Morgan fingerprint density at radius 3 is 1.78 bits per heavy atom. The number of carbonyl (C=O) groups is 4. The number of aliphatic imine (C=N–C) groups is 1.